The zero-order valence-electron chi connectivity index (χ0n) is 18.7. The molecular weight excluding hydrogens is 491 g/mol. The molecule has 3 rings (SSSR count). The molecule has 3 atom stereocenters. The van der Waals surface area contributed by atoms with Crippen LogP contribution >= 0.6 is 24.0 Å². The molecule has 3 N–H and O–H groups in total. The molecule has 3 unspecified atom stereocenters. The molecule has 1 aromatic carbocycles. The highest BCUT2D eigenvalue weighted by Crippen LogP contribution is 2.31. The van der Waals surface area contributed by atoms with Gasteiger partial charge in [-0.2, -0.15) is 0 Å². The lowest BCUT2D eigenvalue weighted by molar-refractivity contribution is 0.0347. The molecule has 0 bridgehead atoms. The van der Waals surface area contributed by atoms with Gasteiger partial charge in [0.1, 0.15) is 0 Å². The molecule has 1 aliphatic carbocycles. The van der Waals surface area contributed by atoms with E-state index in [9.17, 15) is 0 Å². The number of rotatable bonds is 9. The topological polar surface area (TPSA) is 66.9 Å². The van der Waals surface area contributed by atoms with Gasteiger partial charge < -0.3 is 25.4 Å². The highest BCUT2D eigenvalue weighted by atomic mass is 127. The molecule has 170 valence electrons. The third-order valence-corrected chi connectivity index (χ3v) is 6.05. The first-order chi connectivity index (χ1) is 14.1. The second kappa shape index (κ2) is 12.8. The highest BCUT2D eigenvalue weighted by Gasteiger charge is 2.35. The van der Waals surface area contributed by atoms with Crippen molar-refractivity contribution in [2.24, 2.45) is 4.99 Å². The Morgan fingerprint density at radius 2 is 1.97 bits per heavy atom. The zero-order chi connectivity index (χ0) is 20.5. The van der Waals surface area contributed by atoms with Gasteiger partial charge in [-0.1, -0.05) is 43.2 Å². The van der Waals surface area contributed by atoms with Crippen molar-refractivity contribution in [1.29, 1.82) is 0 Å². The van der Waals surface area contributed by atoms with Crippen LogP contribution in [-0.4, -0.2) is 57.1 Å². The molecule has 1 aliphatic heterocycles. The van der Waals surface area contributed by atoms with E-state index in [2.05, 4.69) is 65.1 Å². The number of hydrogen-bond acceptors (Lipinski definition) is 4. The summed E-state index contributed by atoms with van der Waals surface area (Å²) in [7, 11) is 1.83. The number of aliphatic imine (C=N–C) groups is 1. The van der Waals surface area contributed by atoms with Crippen LogP contribution in [0.15, 0.2) is 35.3 Å². The first kappa shape index (κ1) is 25.4. The van der Waals surface area contributed by atoms with Crippen molar-refractivity contribution in [3.63, 3.8) is 0 Å². The average Bonchev–Trinajstić information content (AvgIpc) is 3.43. The summed E-state index contributed by atoms with van der Waals surface area (Å²) in [4.78, 5) is 4.42. The highest BCUT2D eigenvalue weighted by molar-refractivity contribution is 14.0. The molecular formula is C23H39IN4O2. The van der Waals surface area contributed by atoms with E-state index in [1.165, 1.54) is 31.2 Å². The SMILES string of the molecule is CN=C(NCC1(NC(C)c2ccccc2)CCCC1)NC(C)COC1CCOC1.I. The van der Waals surface area contributed by atoms with Gasteiger partial charge >= 0.3 is 0 Å². The minimum Gasteiger partial charge on any atom is -0.379 e. The van der Waals surface area contributed by atoms with Crippen LogP contribution in [0.25, 0.3) is 0 Å². The van der Waals surface area contributed by atoms with Crippen LogP contribution in [-0.2, 0) is 9.47 Å². The molecule has 0 spiro atoms. The quantitative estimate of drug-likeness (QED) is 0.259. The van der Waals surface area contributed by atoms with Gasteiger partial charge in [-0.05, 0) is 38.7 Å². The van der Waals surface area contributed by atoms with Gasteiger partial charge in [0.05, 0.1) is 19.3 Å². The molecule has 30 heavy (non-hydrogen) atoms. The van der Waals surface area contributed by atoms with E-state index in [4.69, 9.17) is 9.47 Å². The molecule has 1 heterocycles. The summed E-state index contributed by atoms with van der Waals surface area (Å²) >= 11 is 0. The number of ether oxygens (including phenoxy) is 2. The Bertz CT molecular complexity index is 631. The van der Waals surface area contributed by atoms with E-state index in [-0.39, 0.29) is 41.7 Å². The lowest BCUT2D eigenvalue weighted by Gasteiger charge is -2.35. The largest absolute Gasteiger partial charge is 0.379 e. The second-order valence-corrected chi connectivity index (χ2v) is 8.55. The molecule has 0 aromatic heterocycles. The molecule has 1 saturated carbocycles. The molecule has 6 nitrogen and oxygen atoms in total. The summed E-state index contributed by atoms with van der Waals surface area (Å²) in [5, 5.41) is 10.9. The Morgan fingerprint density at radius 1 is 1.23 bits per heavy atom. The predicted molar refractivity (Wildman–Crippen MR) is 134 cm³/mol. The van der Waals surface area contributed by atoms with Crippen LogP contribution < -0.4 is 16.0 Å². The minimum absolute atomic E-state index is 0. The fraction of sp³-hybridized carbons (Fsp3) is 0.696. The van der Waals surface area contributed by atoms with Crippen LogP contribution in [0.3, 0.4) is 0 Å². The fourth-order valence-electron chi connectivity index (χ4n) is 4.36. The van der Waals surface area contributed by atoms with E-state index >= 15 is 0 Å². The maximum Gasteiger partial charge on any atom is 0.191 e. The van der Waals surface area contributed by atoms with Crippen molar-refractivity contribution >= 4 is 29.9 Å². The summed E-state index contributed by atoms with van der Waals surface area (Å²) in [6.07, 6.45) is 6.15. The summed E-state index contributed by atoms with van der Waals surface area (Å²) in [6.45, 7) is 7.44. The van der Waals surface area contributed by atoms with Gasteiger partial charge in [0.25, 0.3) is 0 Å². The monoisotopic (exact) mass is 530 g/mol. The smallest absolute Gasteiger partial charge is 0.191 e. The summed E-state index contributed by atoms with van der Waals surface area (Å²) in [5.74, 6) is 0.837. The number of nitrogens with zero attached hydrogens (tertiary/aromatic N) is 1. The predicted octanol–water partition coefficient (Wildman–Crippen LogP) is 3.63. The molecule has 2 aliphatic rings. The Balaban J connectivity index is 0.00000320. The van der Waals surface area contributed by atoms with Crippen LogP contribution in [0.2, 0.25) is 0 Å². The van der Waals surface area contributed by atoms with Crippen molar-refractivity contribution in [3.8, 4) is 0 Å². The van der Waals surface area contributed by atoms with E-state index in [1.54, 1.807) is 0 Å². The maximum absolute atomic E-state index is 5.93. The fourth-order valence-corrected chi connectivity index (χ4v) is 4.36. The van der Waals surface area contributed by atoms with Crippen LogP contribution in [0.4, 0.5) is 0 Å². The number of halogens is 1. The van der Waals surface area contributed by atoms with Crippen LogP contribution in [0.5, 0.6) is 0 Å². The van der Waals surface area contributed by atoms with Gasteiger partial charge in [-0.3, -0.25) is 4.99 Å². The molecule has 2 fully saturated rings. The number of benzene rings is 1. The Labute approximate surface area is 199 Å². The standard InChI is InChI=1S/C23H38N4O2.HI/c1-18(15-29-21-11-14-28-16-21)26-22(24-3)25-17-23(12-7-8-13-23)27-19(2)20-9-5-4-6-10-20;/h4-6,9-10,18-19,21,27H,7-8,11-17H2,1-3H3,(H2,24,25,26);1H. The summed E-state index contributed by atoms with van der Waals surface area (Å²) < 4.78 is 11.3. The average molecular weight is 530 g/mol. The summed E-state index contributed by atoms with van der Waals surface area (Å²) in [5.41, 5.74) is 1.44. The van der Waals surface area contributed by atoms with Gasteiger partial charge in [0.15, 0.2) is 5.96 Å². The minimum atomic E-state index is 0. The second-order valence-electron chi connectivity index (χ2n) is 8.55. The lowest BCUT2D eigenvalue weighted by Crippen LogP contribution is -2.55. The maximum atomic E-state index is 5.93. The molecule has 1 aromatic rings. The van der Waals surface area contributed by atoms with E-state index in [0.29, 0.717) is 19.3 Å². The van der Waals surface area contributed by atoms with Crippen molar-refractivity contribution in [2.45, 2.75) is 69.7 Å². The van der Waals surface area contributed by atoms with Crippen molar-refractivity contribution < 1.29 is 9.47 Å². The van der Waals surface area contributed by atoms with Crippen LogP contribution in [0, 0.1) is 0 Å². The zero-order valence-corrected chi connectivity index (χ0v) is 21.0. The molecule has 1 saturated heterocycles. The lowest BCUT2D eigenvalue weighted by atomic mass is 9.94. The van der Waals surface area contributed by atoms with Crippen molar-refractivity contribution in [1.82, 2.24) is 16.0 Å². The van der Waals surface area contributed by atoms with Crippen molar-refractivity contribution in [2.75, 3.05) is 33.4 Å². The molecule has 0 radical (unpaired) electrons. The van der Waals surface area contributed by atoms with E-state index < -0.39 is 0 Å². The van der Waals surface area contributed by atoms with Gasteiger partial charge in [0.2, 0.25) is 0 Å². The third-order valence-electron chi connectivity index (χ3n) is 6.05. The van der Waals surface area contributed by atoms with Gasteiger partial charge in [0, 0.05) is 37.8 Å². The van der Waals surface area contributed by atoms with Crippen molar-refractivity contribution in [3.05, 3.63) is 35.9 Å². The van der Waals surface area contributed by atoms with E-state index in [1.807, 2.05) is 7.05 Å². The van der Waals surface area contributed by atoms with Gasteiger partial charge in [-0.25, -0.2) is 0 Å². The third kappa shape index (κ3) is 7.66. The summed E-state index contributed by atoms with van der Waals surface area (Å²) in [6, 6.07) is 11.2. The Kier molecular flexibility index (Phi) is 10.8. The normalized spacial score (nSPS) is 22.9. The van der Waals surface area contributed by atoms with Gasteiger partial charge in [-0.15, -0.1) is 24.0 Å². The number of nitrogens with one attached hydrogen (secondary N) is 3. The van der Waals surface area contributed by atoms with Crippen LogP contribution in [0.1, 0.15) is 57.6 Å². The number of hydrogen-bond donors (Lipinski definition) is 3. The first-order valence-corrected chi connectivity index (χ1v) is 11.1. The Hall–Kier alpha value is -0.900. The molecule has 7 heteroatoms. The van der Waals surface area contributed by atoms with E-state index in [0.717, 1.165) is 25.5 Å². The first-order valence-electron chi connectivity index (χ1n) is 11.1. The number of guanidine groups is 1. The molecule has 0 amide bonds. The Morgan fingerprint density at radius 3 is 2.60 bits per heavy atom.